The smallest absolute Gasteiger partial charge is 0.354 e. The molecule has 7 nitrogen and oxygen atoms in total. The molecule has 0 spiro atoms. The predicted molar refractivity (Wildman–Crippen MR) is 142 cm³/mol. The zero-order valence-electron chi connectivity index (χ0n) is 21.6. The molecule has 2 aromatic carbocycles. The van der Waals surface area contributed by atoms with Crippen LogP contribution < -0.4 is 9.62 Å². The lowest BCUT2D eigenvalue weighted by atomic mass is 10.1. The first-order chi connectivity index (χ1) is 17.8. The van der Waals surface area contributed by atoms with Gasteiger partial charge < -0.3 is 10.2 Å². The molecule has 0 bridgehead atoms. The summed E-state index contributed by atoms with van der Waals surface area (Å²) >= 11 is 6.30. The van der Waals surface area contributed by atoms with Crippen LogP contribution in [-0.4, -0.2) is 50.5 Å². The van der Waals surface area contributed by atoms with E-state index in [0.29, 0.717) is 23.6 Å². The molecular formula is C26H33ClF3N3O4S. The largest absolute Gasteiger partial charge is 0.416 e. The fourth-order valence-corrected chi connectivity index (χ4v) is 5.09. The highest BCUT2D eigenvalue weighted by atomic mass is 35.5. The quantitative estimate of drug-likeness (QED) is 0.354. The maximum absolute atomic E-state index is 13.4. The van der Waals surface area contributed by atoms with E-state index >= 15 is 0 Å². The van der Waals surface area contributed by atoms with Crippen LogP contribution >= 0.6 is 11.6 Å². The van der Waals surface area contributed by atoms with E-state index in [4.69, 9.17) is 11.6 Å². The van der Waals surface area contributed by atoms with Crippen LogP contribution in [0.15, 0.2) is 48.5 Å². The minimum absolute atomic E-state index is 0.0220. The Morgan fingerprint density at radius 3 is 2.34 bits per heavy atom. The molecule has 2 amide bonds. The minimum atomic E-state index is -4.64. The summed E-state index contributed by atoms with van der Waals surface area (Å²) in [4.78, 5) is 27.6. The van der Waals surface area contributed by atoms with E-state index in [1.54, 1.807) is 31.2 Å². The summed E-state index contributed by atoms with van der Waals surface area (Å²) in [7, 11) is -3.94. The number of benzene rings is 2. The highest BCUT2D eigenvalue weighted by Crippen LogP contribution is 2.32. The molecule has 0 heterocycles. The molecule has 0 aromatic heterocycles. The Kier molecular flexibility index (Phi) is 11.4. The SMILES string of the molecule is CCCNC(=O)[C@H](CC)N(Cc1ccccc1Cl)C(=O)CCCN(c1cccc(C(F)(F)F)c1)S(C)(=O)=O. The van der Waals surface area contributed by atoms with Crippen molar-refractivity contribution in [2.45, 2.75) is 58.3 Å². The van der Waals surface area contributed by atoms with Gasteiger partial charge in [0, 0.05) is 31.1 Å². The van der Waals surface area contributed by atoms with Crippen molar-refractivity contribution in [2.24, 2.45) is 0 Å². The number of carbonyl (C=O) groups excluding carboxylic acids is 2. The van der Waals surface area contributed by atoms with Crippen molar-refractivity contribution < 1.29 is 31.2 Å². The lowest BCUT2D eigenvalue weighted by molar-refractivity contribution is -0.141. The zero-order valence-corrected chi connectivity index (χ0v) is 23.2. The second kappa shape index (κ2) is 13.8. The van der Waals surface area contributed by atoms with Crippen LogP contribution in [0.25, 0.3) is 0 Å². The first-order valence-corrected chi connectivity index (χ1v) is 14.5. The van der Waals surface area contributed by atoms with Crippen LogP contribution in [0.1, 0.15) is 50.7 Å². The Balaban J connectivity index is 2.26. The van der Waals surface area contributed by atoms with Crippen molar-refractivity contribution in [3.8, 4) is 0 Å². The first kappa shape index (κ1) is 31.4. The third-order valence-electron chi connectivity index (χ3n) is 5.85. The fraction of sp³-hybridized carbons (Fsp3) is 0.462. The predicted octanol–water partition coefficient (Wildman–Crippen LogP) is 5.24. The molecule has 2 rings (SSSR count). The Morgan fingerprint density at radius 1 is 1.08 bits per heavy atom. The summed E-state index contributed by atoms with van der Waals surface area (Å²) in [6.07, 6.45) is -2.80. The molecular weight excluding hydrogens is 543 g/mol. The van der Waals surface area contributed by atoms with E-state index in [1.807, 2.05) is 6.92 Å². The van der Waals surface area contributed by atoms with Gasteiger partial charge in [-0.15, -0.1) is 0 Å². The minimum Gasteiger partial charge on any atom is -0.354 e. The van der Waals surface area contributed by atoms with Crippen LogP contribution in [0.2, 0.25) is 5.02 Å². The van der Waals surface area contributed by atoms with Crippen LogP contribution in [0.4, 0.5) is 18.9 Å². The van der Waals surface area contributed by atoms with Crippen LogP contribution in [0.5, 0.6) is 0 Å². The maximum Gasteiger partial charge on any atom is 0.416 e. The van der Waals surface area contributed by atoms with Crippen molar-refractivity contribution in [3.63, 3.8) is 0 Å². The van der Waals surface area contributed by atoms with Gasteiger partial charge in [0.25, 0.3) is 0 Å². The molecule has 38 heavy (non-hydrogen) atoms. The standard InChI is InChI=1S/C26H33ClF3N3O4S/c1-4-15-31-25(35)23(5-2)32(18-19-10-6-7-13-22(19)27)24(34)14-9-16-33(38(3,36)37)21-12-8-11-20(17-21)26(28,29)30/h6-8,10-13,17,23H,4-5,9,14-16,18H2,1-3H3,(H,31,35)/t23-/m0/s1. The average Bonchev–Trinajstić information content (AvgIpc) is 2.85. The molecule has 0 aliphatic rings. The third-order valence-corrected chi connectivity index (χ3v) is 7.41. The van der Waals surface area contributed by atoms with Gasteiger partial charge in [-0.05, 0) is 49.1 Å². The van der Waals surface area contributed by atoms with Gasteiger partial charge in [-0.1, -0.05) is 49.7 Å². The number of halogens is 4. The van der Waals surface area contributed by atoms with Gasteiger partial charge >= 0.3 is 6.18 Å². The van der Waals surface area contributed by atoms with Gasteiger partial charge in [-0.2, -0.15) is 13.2 Å². The molecule has 0 saturated heterocycles. The van der Waals surface area contributed by atoms with E-state index < -0.39 is 33.7 Å². The van der Waals surface area contributed by atoms with Crippen molar-refractivity contribution in [3.05, 3.63) is 64.7 Å². The van der Waals surface area contributed by atoms with Gasteiger partial charge in [0.2, 0.25) is 21.8 Å². The normalized spacial score (nSPS) is 12.6. The summed E-state index contributed by atoms with van der Waals surface area (Å²) in [5, 5.41) is 3.24. The molecule has 1 atom stereocenters. The van der Waals surface area contributed by atoms with E-state index in [2.05, 4.69) is 5.32 Å². The van der Waals surface area contributed by atoms with Gasteiger partial charge in [0.1, 0.15) is 6.04 Å². The highest BCUT2D eigenvalue weighted by Gasteiger charge is 2.32. The van der Waals surface area contributed by atoms with Gasteiger partial charge in [0.15, 0.2) is 0 Å². The number of carbonyl (C=O) groups is 2. The summed E-state index contributed by atoms with van der Waals surface area (Å²) in [5.74, 6) is -0.711. The first-order valence-electron chi connectivity index (χ1n) is 12.2. The molecule has 0 saturated carbocycles. The second-order valence-corrected chi connectivity index (χ2v) is 11.1. The number of anilines is 1. The number of alkyl halides is 3. The zero-order chi connectivity index (χ0) is 28.5. The summed E-state index contributed by atoms with van der Waals surface area (Å²) in [5.41, 5.74) is -0.478. The van der Waals surface area contributed by atoms with Crippen LogP contribution in [0, 0.1) is 0 Å². The molecule has 0 aliphatic heterocycles. The molecule has 0 fully saturated rings. The number of rotatable bonds is 13. The monoisotopic (exact) mass is 575 g/mol. The number of hydrogen-bond donors (Lipinski definition) is 1. The Hall–Kier alpha value is -2.79. The van der Waals surface area contributed by atoms with Crippen molar-refractivity contribution >= 4 is 39.1 Å². The summed E-state index contributed by atoms with van der Waals surface area (Å²) in [6.45, 7) is 3.99. The number of sulfonamides is 1. The van der Waals surface area contributed by atoms with Crippen LogP contribution in [0.3, 0.4) is 0 Å². The summed E-state index contributed by atoms with van der Waals surface area (Å²) < 4.78 is 65.2. The molecule has 0 unspecified atom stereocenters. The van der Waals surface area contributed by atoms with Gasteiger partial charge in [0.05, 0.1) is 17.5 Å². The molecule has 210 valence electrons. The topological polar surface area (TPSA) is 86.8 Å². The van der Waals surface area contributed by atoms with Crippen LogP contribution in [-0.2, 0) is 32.3 Å². The number of hydrogen-bond acceptors (Lipinski definition) is 4. The summed E-state index contributed by atoms with van der Waals surface area (Å²) in [6, 6.07) is 10.2. The van der Waals surface area contributed by atoms with Gasteiger partial charge in [-0.3, -0.25) is 13.9 Å². The Bertz CT molecular complexity index is 1210. The van der Waals surface area contributed by atoms with E-state index in [9.17, 15) is 31.2 Å². The number of nitrogens with one attached hydrogen (secondary N) is 1. The third kappa shape index (κ3) is 8.90. The molecule has 0 aliphatic carbocycles. The maximum atomic E-state index is 13.4. The van der Waals surface area contributed by atoms with E-state index in [0.717, 1.165) is 35.2 Å². The average molecular weight is 576 g/mol. The van der Waals surface area contributed by atoms with Gasteiger partial charge in [-0.25, -0.2) is 8.42 Å². The lowest BCUT2D eigenvalue weighted by Gasteiger charge is -2.31. The molecule has 1 N–H and O–H groups in total. The van der Waals surface area contributed by atoms with Crippen molar-refractivity contribution in [1.29, 1.82) is 0 Å². The van der Waals surface area contributed by atoms with Crippen molar-refractivity contribution in [2.75, 3.05) is 23.7 Å². The van der Waals surface area contributed by atoms with E-state index in [1.165, 1.54) is 11.0 Å². The number of amides is 2. The molecule has 2 aromatic rings. The molecule has 12 heteroatoms. The fourth-order valence-electron chi connectivity index (χ4n) is 3.94. The van der Waals surface area contributed by atoms with Crippen molar-refractivity contribution in [1.82, 2.24) is 10.2 Å². The Morgan fingerprint density at radius 2 is 1.76 bits per heavy atom. The highest BCUT2D eigenvalue weighted by molar-refractivity contribution is 7.92. The molecule has 0 radical (unpaired) electrons. The second-order valence-electron chi connectivity index (χ2n) is 8.81. The Labute approximate surface area is 227 Å². The van der Waals surface area contributed by atoms with E-state index in [-0.39, 0.29) is 37.5 Å². The lowest BCUT2D eigenvalue weighted by Crippen LogP contribution is -2.49. The number of nitrogens with zero attached hydrogens (tertiary/aromatic N) is 2.